The molecule has 1 aromatic carbocycles. The number of aryl methyl sites for hydroxylation is 1. The zero-order valence-corrected chi connectivity index (χ0v) is 11.1. The summed E-state index contributed by atoms with van der Waals surface area (Å²) in [5, 5.41) is 0. The Morgan fingerprint density at radius 3 is 2.75 bits per heavy atom. The van der Waals surface area contributed by atoms with E-state index in [-0.39, 0.29) is 11.9 Å². The summed E-state index contributed by atoms with van der Waals surface area (Å²) in [6, 6.07) is 5.98. The SMILES string of the molecule is COC(=O)CC(CN)c1ccc(Br)cc1C. The second kappa shape index (κ2) is 6.01. The fourth-order valence-corrected chi connectivity index (χ4v) is 2.18. The second-order valence-electron chi connectivity index (χ2n) is 3.71. The summed E-state index contributed by atoms with van der Waals surface area (Å²) in [6.07, 6.45) is 0.329. The van der Waals surface area contributed by atoms with E-state index in [0.29, 0.717) is 13.0 Å². The maximum absolute atomic E-state index is 11.2. The van der Waals surface area contributed by atoms with E-state index < -0.39 is 0 Å². The molecule has 4 heteroatoms. The minimum Gasteiger partial charge on any atom is -0.469 e. The Balaban J connectivity index is 2.90. The number of hydrogen-bond acceptors (Lipinski definition) is 3. The van der Waals surface area contributed by atoms with Gasteiger partial charge in [0, 0.05) is 10.4 Å². The first kappa shape index (κ1) is 13.2. The fraction of sp³-hybridized carbons (Fsp3) is 0.417. The third-order valence-corrected chi connectivity index (χ3v) is 3.09. The zero-order chi connectivity index (χ0) is 12.1. The van der Waals surface area contributed by atoms with E-state index in [4.69, 9.17) is 5.73 Å². The van der Waals surface area contributed by atoms with E-state index in [1.54, 1.807) is 0 Å². The van der Waals surface area contributed by atoms with Gasteiger partial charge in [-0.15, -0.1) is 0 Å². The van der Waals surface area contributed by atoms with Crippen molar-refractivity contribution in [3.05, 3.63) is 33.8 Å². The van der Waals surface area contributed by atoms with E-state index in [2.05, 4.69) is 20.7 Å². The lowest BCUT2D eigenvalue weighted by Crippen LogP contribution is -2.18. The number of halogens is 1. The molecule has 0 spiro atoms. The van der Waals surface area contributed by atoms with Crippen molar-refractivity contribution >= 4 is 21.9 Å². The molecule has 0 aromatic heterocycles. The number of esters is 1. The molecule has 0 saturated carbocycles. The van der Waals surface area contributed by atoms with Gasteiger partial charge in [-0.2, -0.15) is 0 Å². The van der Waals surface area contributed by atoms with Gasteiger partial charge in [-0.25, -0.2) is 0 Å². The largest absolute Gasteiger partial charge is 0.469 e. The summed E-state index contributed by atoms with van der Waals surface area (Å²) in [5.74, 6) is -0.196. The summed E-state index contributed by atoms with van der Waals surface area (Å²) in [6.45, 7) is 2.46. The van der Waals surface area contributed by atoms with Gasteiger partial charge in [0.1, 0.15) is 0 Å². The van der Waals surface area contributed by atoms with Crippen LogP contribution >= 0.6 is 15.9 Å². The average Bonchev–Trinajstić information content (AvgIpc) is 2.26. The van der Waals surface area contributed by atoms with Gasteiger partial charge < -0.3 is 10.5 Å². The van der Waals surface area contributed by atoms with Crippen LogP contribution in [-0.2, 0) is 9.53 Å². The molecule has 2 N–H and O–H groups in total. The summed E-state index contributed by atoms with van der Waals surface area (Å²) in [4.78, 5) is 11.2. The Hall–Kier alpha value is -0.870. The third kappa shape index (κ3) is 3.32. The molecule has 0 aliphatic heterocycles. The normalized spacial score (nSPS) is 12.2. The van der Waals surface area contributed by atoms with Crippen LogP contribution in [0.1, 0.15) is 23.5 Å². The third-order valence-electron chi connectivity index (χ3n) is 2.60. The molecule has 88 valence electrons. The number of ether oxygens (including phenoxy) is 1. The molecule has 1 atom stereocenters. The highest BCUT2D eigenvalue weighted by Gasteiger charge is 2.16. The molecule has 1 unspecified atom stereocenters. The lowest BCUT2D eigenvalue weighted by atomic mass is 9.92. The van der Waals surface area contributed by atoms with E-state index in [0.717, 1.165) is 15.6 Å². The highest BCUT2D eigenvalue weighted by atomic mass is 79.9. The van der Waals surface area contributed by atoms with Gasteiger partial charge in [-0.05, 0) is 36.7 Å². The van der Waals surface area contributed by atoms with Gasteiger partial charge in [-0.1, -0.05) is 22.0 Å². The molecular formula is C12H16BrNO2. The molecule has 0 fully saturated rings. The molecule has 1 rings (SSSR count). The van der Waals surface area contributed by atoms with E-state index in [1.807, 2.05) is 25.1 Å². The van der Waals surface area contributed by atoms with Crippen LogP contribution in [0.2, 0.25) is 0 Å². The summed E-state index contributed by atoms with van der Waals surface area (Å²) in [5.41, 5.74) is 7.94. The Morgan fingerprint density at radius 2 is 2.25 bits per heavy atom. The Labute approximate surface area is 104 Å². The molecule has 0 bridgehead atoms. The van der Waals surface area contributed by atoms with Crippen molar-refractivity contribution in [3.63, 3.8) is 0 Å². The first-order valence-corrected chi connectivity index (χ1v) is 5.90. The average molecular weight is 286 g/mol. The number of hydrogen-bond donors (Lipinski definition) is 1. The van der Waals surface area contributed by atoms with Crippen LogP contribution in [0.4, 0.5) is 0 Å². The van der Waals surface area contributed by atoms with Crippen molar-refractivity contribution in [2.45, 2.75) is 19.3 Å². The topological polar surface area (TPSA) is 52.3 Å². The van der Waals surface area contributed by atoms with Crippen LogP contribution in [0, 0.1) is 6.92 Å². The molecule has 1 aromatic rings. The maximum Gasteiger partial charge on any atom is 0.306 e. The Kier molecular flexibility index (Phi) is 4.96. The smallest absolute Gasteiger partial charge is 0.306 e. The van der Waals surface area contributed by atoms with Crippen LogP contribution in [0.5, 0.6) is 0 Å². The lowest BCUT2D eigenvalue weighted by molar-refractivity contribution is -0.141. The van der Waals surface area contributed by atoms with Gasteiger partial charge in [0.05, 0.1) is 13.5 Å². The lowest BCUT2D eigenvalue weighted by Gasteiger charge is -2.16. The van der Waals surface area contributed by atoms with Crippen molar-refractivity contribution < 1.29 is 9.53 Å². The Bertz CT molecular complexity index is 379. The quantitative estimate of drug-likeness (QED) is 0.864. The molecule has 0 aliphatic rings. The molecule has 0 aliphatic carbocycles. The highest BCUT2D eigenvalue weighted by Crippen LogP contribution is 2.25. The maximum atomic E-state index is 11.2. The number of carbonyl (C=O) groups is 1. The monoisotopic (exact) mass is 285 g/mol. The van der Waals surface area contributed by atoms with Crippen molar-refractivity contribution in [1.29, 1.82) is 0 Å². The van der Waals surface area contributed by atoms with Crippen molar-refractivity contribution in [2.75, 3.05) is 13.7 Å². The highest BCUT2D eigenvalue weighted by molar-refractivity contribution is 9.10. The van der Waals surface area contributed by atoms with E-state index in [1.165, 1.54) is 7.11 Å². The molecule has 16 heavy (non-hydrogen) atoms. The molecule has 0 heterocycles. The molecule has 0 radical (unpaired) electrons. The number of carbonyl (C=O) groups excluding carboxylic acids is 1. The standard InChI is InChI=1S/C12H16BrNO2/c1-8-5-10(13)3-4-11(8)9(7-14)6-12(15)16-2/h3-5,9H,6-7,14H2,1-2H3. The predicted molar refractivity (Wildman–Crippen MR) is 67.3 cm³/mol. The summed E-state index contributed by atoms with van der Waals surface area (Å²) >= 11 is 3.41. The van der Waals surface area contributed by atoms with Crippen LogP contribution < -0.4 is 5.73 Å². The van der Waals surface area contributed by atoms with E-state index >= 15 is 0 Å². The van der Waals surface area contributed by atoms with E-state index in [9.17, 15) is 4.79 Å². The minimum absolute atomic E-state index is 0.0283. The number of methoxy groups -OCH3 is 1. The van der Waals surface area contributed by atoms with Gasteiger partial charge >= 0.3 is 5.97 Å². The number of benzene rings is 1. The van der Waals surface area contributed by atoms with Crippen molar-refractivity contribution in [1.82, 2.24) is 0 Å². The first-order chi connectivity index (χ1) is 7.58. The van der Waals surface area contributed by atoms with Gasteiger partial charge in [0.25, 0.3) is 0 Å². The van der Waals surface area contributed by atoms with Crippen LogP contribution in [0.15, 0.2) is 22.7 Å². The number of nitrogens with two attached hydrogens (primary N) is 1. The van der Waals surface area contributed by atoms with Crippen molar-refractivity contribution in [3.8, 4) is 0 Å². The minimum atomic E-state index is -0.224. The van der Waals surface area contributed by atoms with Gasteiger partial charge in [-0.3, -0.25) is 4.79 Å². The summed E-state index contributed by atoms with van der Waals surface area (Å²) in [7, 11) is 1.39. The first-order valence-electron chi connectivity index (χ1n) is 5.11. The van der Waals surface area contributed by atoms with Crippen LogP contribution in [0.25, 0.3) is 0 Å². The van der Waals surface area contributed by atoms with Crippen molar-refractivity contribution in [2.24, 2.45) is 5.73 Å². The summed E-state index contributed by atoms with van der Waals surface area (Å²) < 4.78 is 5.69. The predicted octanol–water partition coefficient (Wildman–Crippen LogP) is 2.36. The molecule has 0 amide bonds. The molecule has 3 nitrogen and oxygen atoms in total. The second-order valence-corrected chi connectivity index (χ2v) is 4.63. The van der Waals surface area contributed by atoms with Crippen LogP contribution in [-0.4, -0.2) is 19.6 Å². The van der Waals surface area contributed by atoms with Gasteiger partial charge in [0.2, 0.25) is 0 Å². The van der Waals surface area contributed by atoms with Gasteiger partial charge in [0.15, 0.2) is 0 Å². The fourth-order valence-electron chi connectivity index (χ4n) is 1.70. The zero-order valence-electron chi connectivity index (χ0n) is 9.50. The number of rotatable bonds is 4. The Morgan fingerprint density at radius 1 is 1.56 bits per heavy atom. The molecular weight excluding hydrogens is 270 g/mol. The molecule has 0 saturated heterocycles. The van der Waals surface area contributed by atoms with Crippen LogP contribution in [0.3, 0.4) is 0 Å².